The van der Waals surface area contributed by atoms with E-state index in [-0.39, 0.29) is 0 Å². The van der Waals surface area contributed by atoms with Crippen molar-refractivity contribution >= 4 is 23.4 Å². The van der Waals surface area contributed by atoms with Gasteiger partial charge in [-0.3, -0.25) is 0 Å². The summed E-state index contributed by atoms with van der Waals surface area (Å²) < 4.78 is 28.0. The molecule has 2 aromatic carbocycles. The molecule has 84 valence electrons. The van der Waals surface area contributed by atoms with Crippen molar-refractivity contribution in [2.75, 3.05) is 0 Å². The van der Waals surface area contributed by atoms with E-state index in [1.165, 1.54) is 0 Å². The van der Waals surface area contributed by atoms with Gasteiger partial charge in [0, 0.05) is 0 Å². The minimum atomic E-state index is -2.89. The molecule has 0 N–H and O–H groups in total. The van der Waals surface area contributed by atoms with Gasteiger partial charge < -0.3 is 0 Å². The molecular formula is C13H13AsF2. The second kappa shape index (κ2) is 5.27. The van der Waals surface area contributed by atoms with Crippen molar-refractivity contribution < 1.29 is 8.78 Å². The molecule has 0 heterocycles. The minimum absolute atomic E-state index is 0.844. The van der Waals surface area contributed by atoms with E-state index < -0.39 is 19.9 Å². The van der Waals surface area contributed by atoms with Gasteiger partial charge in [0.1, 0.15) is 0 Å². The van der Waals surface area contributed by atoms with Crippen LogP contribution in [0.2, 0.25) is 0 Å². The van der Waals surface area contributed by atoms with Gasteiger partial charge in [-0.25, -0.2) is 0 Å². The van der Waals surface area contributed by atoms with Gasteiger partial charge in [-0.2, -0.15) is 0 Å². The van der Waals surface area contributed by atoms with Crippen LogP contribution in [0, 0.1) is 0 Å². The van der Waals surface area contributed by atoms with Gasteiger partial charge in [-0.05, 0) is 0 Å². The van der Waals surface area contributed by atoms with Crippen LogP contribution in [0.3, 0.4) is 0 Å². The van der Waals surface area contributed by atoms with Gasteiger partial charge >= 0.3 is 98.0 Å². The molecule has 16 heavy (non-hydrogen) atoms. The first-order chi connectivity index (χ1) is 7.79. The normalized spacial score (nSPS) is 11.6. The summed E-state index contributed by atoms with van der Waals surface area (Å²) in [6.45, 7) is 0. The summed E-state index contributed by atoms with van der Waals surface area (Å²) in [7, 11) is 0. The molecule has 2 rings (SSSR count). The summed E-state index contributed by atoms with van der Waals surface area (Å²) in [5, 5.41) is -2.20. The van der Waals surface area contributed by atoms with E-state index in [9.17, 15) is 8.78 Å². The maximum absolute atomic E-state index is 13.2. The van der Waals surface area contributed by atoms with Crippen LogP contribution in [0.25, 0.3) is 0 Å². The van der Waals surface area contributed by atoms with E-state index in [4.69, 9.17) is 0 Å². The molecule has 0 amide bonds. The summed E-state index contributed by atoms with van der Waals surface area (Å²) >= 11 is -2.89. The van der Waals surface area contributed by atoms with Crippen LogP contribution in [0.15, 0.2) is 60.7 Å². The second-order valence-electron chi connectivity index (χ2n) is 3.63. The average Bonchev–Trinajstić information content (AvgIpc) is 2.31. The zero-order chi connectivity index (χ0) is 11.4. The van der Waals surface area contributed by atoms with Gasteiger partial charge in [-0.1, -0.05) is 0 Å². The predicted octanol–water partition coefficient (Wildman–Crippen LogP) is 1.56. The molecule has 0 aromatic heterocycles. The van der Waals surface area contributed by atoms with Crippen molar-refractivity contribution in [3.8, 4) is 0 Å². The topological polar surface area (TPSA) is 0 Å². The van der Waals surface area contributed by atoms with Crippen molar-refractivity contribution in [2.45, 2.75) is 5.21 Å². The maximum atomic E-state index is 13.2. The number of alkyl halides is 2. The molecule has 0 bridgehead atoms. The van der Waals surface area contributed by atoms with Gasteiger partial charge in [0.25, 0.3) is 0 Å². The van der Waals surface area contributed by atoms with Gasteiger partial charge in [0.15, 0.2) is 0 Å². The molecule has 0 spiro atoms. The molecule has 0 aliphatic heterocycles. The molecule has 0 nitrogen and oxygen atoms in total. The number of hydrogen-bond donors (Lipinski definition) is 0. The molecule has 0 saturated carbocycles. The van der Waals surface area contributed by atoms with Crippen LogP contribution in [-0.4, -0.2) is 19.9 Å². The predicted molar refractivity (Wildman–Crippen MR) is 66.7 cm³/mol. The van der Waals surface area contributed by atoms with Crippen LogP contribution in [0.5, 0.6) is 0 Å². The average molecular weight is 282 g/mol. The number of halogens is 2. The van der Waals surface area contributed by atoms with Crippen LogP contribution < -0.4 is 8.70 Å². The summed E-state index contributed by atoms with van der Waals surface area (Å²) in [4.78, 5) is 0. The van der Waals surface area contributed by atoms with E-state index >= 15 is 0 Å². The Morgan fingerprint density at radius 1 is 0.688 bits per heavy atom. The zero-order valence-corrected chi connectivity index (χ0v) is 11.1. The standard InChI is InChI=1S/C13H13AsF2/c15-13(16)14(11-7-3-1-4-8-11)12-9-5-2-6-10-12/h1-10,13H,14H2. The summed E-state index contributed by atoms with van der Waals surface area (Å²) in [5.41, 5.74) is 0. The van der Waals surface area contributed by atoms with Crippen LogP contribution in [0.1, 0.15) is 0 Å². The Labute approximate surface area is 98.2 Å². The van der Waals surface area contributed by atoms with E-state index in [1.807, 2.05) is 60.7 Å². The molecule has 0 aliphatic rings. The Bertz CT molecular complexity index is 389. The van der Waals surface area contributed by atoms with Crippen molar-refractivity contribution in [2.24, 2.45) is 0 Å². The Kier molecular flexibility index (Phi) is 3.73. The number of benzene rings is 2. The number of rotatable bonds is 3. The first kappa shape index (κ1) is 11.3. The summed E-state index contributed by atoms with van der Waals surface area (Å²) in [5.74, 6) is 0. The Morgan fingerprint density at radius 3 is 1.38 bits per heavy atom. The first-order valence-corrected chi connectivity index (χ1v) is 8.99. The van der Waals surface area contributed by atoms with Crippen LogP contribution >= 0.6 is 0 Å². The molecule has 0 fully saturated rings. The fraction of sp³-hybridized carbons (Fsp3) is 0.0769. The molecule has 0 atom stereocenters. The molecular weight excluding hydrogens is 269 g/mol. The number of hydrogen-bond acceptors (Lipinski definition) is 0. The molecule has 0 aliphatic carbocycles. The van der Waals surface area contributed by atoms with E-state index in [0.717, 1.165) is 8.70 Å². The van der Waals surface area contributed by atoms with Gasteiger partial charge in [0.2, 0.25) is 0 Å². The fourth-order valence-corrected chi connectivity index (χ4v) is 6.51. The van der Waals surface area contributed by atoms with E-state index in [0.29, 0.717) is 0 Å². The third-order valence-electron chi connectivity index (χ3n) is 2.57. The van der Waals surface area contributed by atoms with Gasteiger partial charge in [-0.15, -0.1) is 0 Å². The third kappa shape index (κ3) is 2.51. The zero-order valence-electron chi connectivity index (χ0n) is 8.68. The SMILES string of the molecule is FC(F)[AsH2](c1ccccc1)c1ccccc1. The van der Waals surface area contributed by atoms with E-state index in [1.54, 1.807) is 0 Å². The van der Waals surface area contributed by atoms with Crippen molar-refractivity contribution in [1.29, 1.82) is 0 Å². The molecule has 3 heteroatoms. The van der Waals surface area contributed by atoms with E-state index in [2.05, 4.69) is 0 Å². The monoisotopic (exact) mass is 282 g/mol. The first-order valence-electron chi connectivity index (χ1n) is 5.17. The molecule has 0 unspecified atom stereocenters. The Morgan fingerprint density at radius 2 is 1.06 bits per heavy atom. The van der Waals surface area contributed by atoms with Crippen LogP contribution in [-0.2, 0) is 0 Å². The second-order valence-corrected chi connectivity index (χ2v) is 9.49. The molecule has 0 radical (unpaired) electrons. The van der Waals surface area contributed by atoms with Crippen molar-refractivity contribution in [1.82, 2.24) is 0 Å². The molecule has 2 aromatic rings. The Balaban J connectivity index is 2.40. The Hall–Kier alpha value is -1.14. The summed E-state index contributed by atoms with van der Waals surface area (Å²) in [6, 6.07) is 18.3. The van der Waals surface area contributed by atoms with Crippen molar-refractivity contribution in [3.05, 3.63) is 60.7 Å². The quantitative estimate of drug-likeness (QED) is 0.750. The van der Waals surface area contributed by atoms with Crippen molar-refractivity contribution in [3.63, 3.8) is 0 Å². The molecule has 0 saturated heterocycles. The fourth-order valence-electron chi connectivity index (χ4n) is 1.80. The third-order valence-corrected chi connectivity index (χ3v) is 8.26. The van der Waals surface area contributed by atoms with Gasteiger partial charge in [0.05, 0.1) is 0 Å². The summed E-state index contributed by atoms with van der Waals surface area (Å²) in [6.07, 6.45) is 0. The van der Waals surface area contributed by atoms with Crippen LogP contribution in [0.4, 0.5) is 8.78 Å².